The molecule has 0 aliphatic carbocycles. The predicted molar refractivity (Wildman–Crippen MR) is 111 cm³/mol. The highest BCUT2D eigenvalue weighted by molar-refractivity contribution is 5.97. The van der Waals surface area contributed by atoms with E-state index < -0.39 is 0 Å². The summed E-state index contributed by atoms with van der Waals surface area (Å²) in [5, 5.41) is 6.88. The fourth-order valence-electron chi connectivity index (χ4n) is 4.02. The molecule has 0 radical (unpaired) electrons. The lowest BCUT2D eigenvalue weighted by Crippen LogP contribution is -2.27. The Morgan fingerprint density at radius 3 is 2.86 bits per heavy atom. The highest BCUT2D eigenvalue weighted by Crippen LogP contribution is 2.32. The Hall–Kier alpha value is -3.15. The molecular formula is C23H24FN3O2. The first kappa shape index (κ1) is 19.2. The lowest BCUT2D eigenvalue weighted by Gasteiger charge is -2.19. The molecule has 1 aliphatic rings. The lowest BCUT2D eigenvalue weighted by molar-refractivity contribution is -0.120. The maximum Gasteiger partial charge on any atom is 0.230 e. The van der Waals surface area contributed by atoms with Crippen molar-refractivity contribution < 1.29 is 13.9 Å². The van der Waals surface area contributed by atoms with Gasteiger partial charge in [-0.1, -0.05) is 19.1 Å². The number of halogens is 1. The quantitative estimate of drug-likeness (QED) is 0.676. The average Bonchev–Trinajstić information content (AvgIpc) is 3.39. The number of nitrogens with zero attached hydrogens (tertiary/aromatic N) is 2. The minimum absolute atomic E-state index is 0.108. The summed E-state index contributed by atoms with van der Waals surface area (Å²) in [6.07, 6.45) is 5.92. The summed E-state index contributed by atoms with van der Waals surface area (Å²) in [5.41, 5.74) is 5.20. The van der Waals surface area contributed by atoms with Crippen molar-refractivity contribution in [2.75, 3.05) is 18.6 Å². The van der Waals surface area contributed by atoms with Crippen LogP contribution in [-0.2, 0) is 17.6 Å². The molecule has 5 nitrogen and oxygen atoms in total. The molecule has 6 heteroatoms. The molecule has 1 aromatic heterocycles. The van der Waals surface area contributed by atoms with Crippen molar-refractivity contribution in [1.82, 2.24) is 10.2 Å². The van der Waals surface area contributed by atoms with Crippen LogP contribution in [0.2, 0.25) is 0 Å². The van der Waals surface area contributed by atoms with Gasteiger partial charge in [-0.3, -0.25) is 9.89 Å². The summed E-state index contributed by atoms with van der Waals surface area (Å²) in [4.78, 5) is 14.9. The SMILES string of the molecule is CCc1cc(N2CCC(Cc3ccc(F)c(OC)c3)C2=O)ccc1-c1cn[nH]c1. The zero-order chi connectivity index (χ0) is 20.4. The molecule has 3 aromatic rings. The zero-order valence-electron chi connectivity index (χ0n) is 16.6. The molecule has 1 N–H and O–H groups in total. The minimum Gasteiger partial charge on any atom is -0.494 e. The van der Waals surface area contributed by atoms with E-state index in [1.165, 1.54) is 18.7 Å². The third-order valence-corrected chi connectivity index (χ3v) is 5.60. The number of benzene rings is 2. The number of rotatable bonds is 6. The van der Waals surface area contributed by atoms with Crippen LogP contribution in [0.25, 0.3) is 11.1 Å². The molecule has 2 heterocycles. The van der Waals surface area contributed by atoms with Crippen molar-refractivity contribution >= 4 is 11.6 Å². The first-order valence-corrected chi connectivity index (χ1v) is 9.86. The number of aryl methyl sites for hydroxylation is 1. The van der Waals surface area contributed by atoms with E-state index in [1.54, 1.807) is 12.1 Å². The van der Waals surface area contributed by atoms with E-state index in [-0.39, 0.29) is 23.4 Å². The predicted octanol–water partition coefficient (Wildman–Crippen LogP) is 4.38. The lowest BCUT2D eigenvalue weighted by atomic mass is 9.97. The van der Waals surface area contributed by atoms with E-state index in [1.807, 2.05) is 23.4 Å². The standard InChI is InChI=1S/C23H24FN3O2/c1-3-16-12-19(5-6-20(16)18-13-25-26-14-18)27-9-8-17(23(27)28)10-15-4-7-21(24)22(11-15)29-2/h4-7,11-14,17H,3,8-10H2,1-2H3,(H,25,26). The van der Waals surface area contributed by atoms with Gasteiger partial charge in [0, 0.05) is 29.9 Å². The first-order chi connectivity index (χ1) is 14.1. The molecule has 0 saturated carbocycles. The van der Waals surface area contributed by atoms with Crippen molar-refractivity contribution in [3.05, 3.63) is 65.7 Å². The Labute approximate surface area is 169 Å². The second kappa shape index (κ2) is 8.07. The van der Waals surface area contributed by atoms with Crippen LogP contribution in [0.3, 0.4) is 0 Å². The molecule has 4 rings (SSSR count). The molecule has 29 heavy (non-hydrogen) atoms. The molecule has 1 aliphatic heterocycles. The first-order valence-electron chi connectivity index (χ1n) is 9.86. The van der Waals surface area contributed by atoms with E-state index in [2.05, 4.69) is 29.3 Å². The molecule has 0 bridgehead atoms. The van der Waals surface area contributed by atoms with Gasteiger partial charge in [0.05, 0.1) is 13.3 Å². The number of hydrogen-bond acceptors (Lipinski definition) is 3. The molecule has 1 unspecified atom stereocenters. The van der Waals surface area contributed by atoms with Crippen LogP contribution in [0.1, 0.15) is 24.5 Å². The van der Waals surface area contributed by atoms with Crippen LogP contribution in [-0.4, -0.2) is 29.8 Å². The monoisotopic (exact) mass is 393 g/mol. The van der Waals surface area contributed by atoms with Crippen molar-refractivity contribution in [3.8, 4) is 16.9 Å². The van der Waals surface area contributed by atoms with Crippen LogP contribution >= 0.6 is 0 Å². The van der Waals surface area contributed by atoms with Crippen molar-refractivity contribution in [3.63, 3.8) is 0 Å². The maximum atomic E-state index is 13.6. The number of nitrogens with one attached hydrogen (secondary N) is 1. The van der Waals surface area contributed by atoms with Crippen LogP contribution in [0, 0.1) is 11.7 Å². The van der Waals surface area contributed by atoms with Crippen LogP contribution in [0.15, 0.2) is 48.8 Å². The number of carbonyl (C=O) groups excluding carboxylic acids is 1. The summed E-state index contributed by atoms with van der Waals surface area (Å²) in [6.45, 7) is 2.80. The van der Waals surface area contributed by atoms with Gasteiger partial charge in [-0.15, -0.1) is 0 Å². The number of aromatic nitrogens is 2. The Bertz CT molecular complexity index is 1020. The number of methoxy groups -OCH3 is 1. The Morgan fingerprint density at radius 1 is 1.28 bits per heavy atom. The Balaban J connectivity index is 1.53. The van der Waals surface area contributed by atoms with E-state index in [9.17, 15) is 9.18 Å². The zero-order valence-corrected chi connectivity index (χ0v) is 16.6. The molecule has 0 spiro atoms. The Morgan fingerprint density at radius 2 is 2.14 bits per heavy atom. The van der Waals surface area contributed by atoms with Crippen molar-refractivity contribution in [2.24, 2.45) is 5.92 Å². The Kier molecular flexibility index (Phi) is 5.34. The molecule has 1 amide bonds. The van der Waals surface area contributed by atoms with Gasteiger partial charge in [0.2, 0.25) is 5.91 Å². The van der Waals surface area contributed by atoms with Gasteiger partial charge in [-0.05, 0) is 60.2 Å². The highest BCUT2D eigenvalue weighted by Gasteiger charge is 2.33. The smallest absolute Gasteiger partial charge is 0.230 e. The number of hydrogen-bond donors (Lipinski definition) is 1. The molecular weight excluding hydrogens is 369 g/mol. The van der Waals surface area contributed by atoms with E-state index in [0.29, 0.717) is 13.0 Å². The van der Waals surface area contributed by atoms with Gasteiger partial charge >= 0.3 is 0 Å². The third kappa shape index (κ3) is 3.75. The van der Waals surface area contributed by atoms with Crippen LogP contribution < -0.4 is 9.64 Å². The summed E-state index contributed by atoms with van der Waals surface area (Å²) >= 11 is 0. The van der Waals surface area contributed by atoms with Gasteiger partial charge < -0.3 is 9.64 Å². The second-order valence-electron chi connectivity index (χ2n) is 7.33. The fourth-order valence-corrected chi connectivity index (χ4v) is 4.02. The van der Waals surface area contributed by atoms with Gasteiger partial charge in [0.25, 0.3) is 0 Å². The summed E-state index contributed by atoms with van der Waals surface area (Å²) in [5.74, 6) is -0.164. The van der Waals surface area contributed by atoms with Gasteiger partial charge in [-0.25, -0.2) is 4.39 Å². The van der Waals surface area contributed by atoms with Gasteiger partial charge in [0.15, 0.2) is 11.6 Å². The summed E-state index contributed by atoms with van der Waals surface area (Å²) < 4.78 is 18.7. The number of H-pyrrole nitrogens is 1. The number of ether oxygens (including phenoxy) is 1. The van der Waals surface area contributed by atoms with Gasteiger partial charge in [-0.2, -0.15) is 5.10 Å². The van der Waals surface area contributed by atoms with Gasteiger partial charge in [0.1, 0.15) is 0 Å². The third-order valence-electron chi connectivity index (χ3n) is 5.60. The topological polar surface area (TPSA) is 58.2 Å². The molecule has 150 valence electrons. The minimum atomic E-state index is -0.388. The second-order valence-corrected chi connectivity index (χ2v) is 7.33. The van der Waals surface area contributed by atoms with Crippen molar-refractivity contribution in [1.29, 1.82) is 0 Å². The maximum absolute atomic E-state index is 13.6. The summed E-state index contributed by atoms with van der Waals surface area (Å²) in [6, 6.07) is 11.0. The van der Waals surface area contributed by atoms with E-state index >= 15 is 0 Å². The van der Waals surface area contributed by atoms with Crippen LogP contribution in [0.4, 0.5) is 10.1 Å². The number of amides is 1. The molecule has 1 saturated heterocycles. The number of carbonyl (C=O) groups is 1. The largest absolute Gasteiger partial charge is 0.494 e. The van der Waals surface area contributed by atoms with E-state index in [4.69, 9.17) is 4.74 Å². The molecule has 1 fully saturated rings. The van der Waals surface area contributed by atoms with E-state index in [0.717, 1.165) is 35.2 Å². The number of anilines is 1. The summed E-state index contributed by atoms with van der Waals surface area (Å²) in [7, 11) is 1.45. The molecule has 2 aromatic carbocycles. The molecule has 1 atom stereocenters. The average molecular weight is 393 g/mol. The fraction of sp³-hybridized carbons (Fsp3) is 0.304. The van der Waals surface area contributed by atoms with Crippen molar-refractivity contribution in [2.45, 2.75) is 26.2 Å². The normalized spacial score (nSPS) is 16.4. The van der Waals surface area contributed by atoms with Crippen LogP contribution in [0.5, 0.6) is 5.75 Å². The number of aromatic amines is 1. The highest BCUT2D eigenvalue weighted by atomic mass is 19.1.